The largest absolute Gasteiger partial charge is 0.192 e. The highest BCUT2D eigenvalue weighted by atomic mass is 14.2. The molecule has 0 N–H and O–H groups in total. The predicted octanol–water partition coefficient (Wildman–Crippen LogP) is 4.96. The van der Waals surface area contributed by atoms with E-state index in [1.807, 2.05) is 36.4 Å². The molecule has 0 saturated heterocycles. The van der Waals surface area contributed by atoms with E-state index in [0.717, 1.165) is 29.5 Å². The number of aryl methyl sites for hydroxylation is 1. The van der Waals surface area contributed by atoms with Crippen LogP contribution in [0.4, 0.5) is 0 Å². The van der Waals surface area contributed by atoms with Crippen molar-refractivity contribution in [3.05, 3.63) is 59.7 Å². The van der Waals surface area contributed by atoms with Crippen molar-refractivity contribution in [1.29, 1.82) is 5.26 Å². The second kappa shape index (κ2) is 6.75. The molecule has 0 amide bonds. The quantitative estimate of drug-likeness (QED) is 0.737. The minimum atomic E-state index is -1.26. The Kier molecular flexibility index (Phi) is 3.84. The highest BCUT2D eigenvalue weighted by molar-refractivity contribution is 5.64. The Morgan fingerprint density at radius 1 is 0.947 bits per heavy atom. The lowest BCUT2D eigenvalue weighted by Gasteiger charge is -2.04. The Bertz CT molecular complexity index is 622. The van der Waals surface area contributed by atoms with Crippen LogP contribution in [-0.4, -0.2) is 0 Å². The fourth-order valence-electron chi connectivity index (χ4n) is 1.93. The van der Waals surface area contributed by atoms with Gasteiger partial charge in [-0.2, -0.15) is 5.26 Å². The van der Waals surface area contributed by atoms with Crippen LogP contribution in [0.2, 0.25) is 0 Å². The van der Waals surface area contributed by atoms with Gasteiger partial charge in [-0.05, 0) is 41.6 Å². The van der Waals surface area contributed by atoms with Gasteiger partial charge >= 0.3 is 0 Å². The number of rotatable bonds is 5. The van der Waals surface area contributed by atoms with E-state index in [1.54, 1.807) is 12.1 Å². The average Bonchev–Trinajstić information content (AvgIpc) is 2.53. The third-order valence-corrected chi connectivity index (χ3v) is 3.09. The van der Waals surface area contributed by atoms with Crippen LogP contribution in [-0.2, 0) is 6.37 Å². The molecule has 0 saturated carbocycles. The minimum absolute atomic E-state index is 0.555. The number of unbranched alkanes of at least 4 members (excludes halogenated alkanes) is 1. The van der Waals surface area contributed by atoms with Gasteiger partial charge < -0.3 is 0 Å². The molecule has 1 heteroatoms. The highest BCUT2D eigenvalue weighted by Crippen LogP contribution is 2.20. The van der Waals surface area contributed by atoms with Crippen LogP contribution in [0.1, 0.15) is 40.1 Å². The summed E-state index contributed by atoms with van der Waals surface area (Å²) in [4.78, 5) is 0. The molecule has 0 heterocycles. The molecule has 0 fully saturated rings. The van der Waals surface area contributed by atoms with Crippen molar-refractivity contribution in [3.63, 3.8) is 0 Å². The molecule has 0 atom stereocenters. The Morgan fingerprint density at radius 3 is 2.05 bits per heavy atom. The third kappa shape index (κ3) is 3.69. The second-order valence-corrected chi connectivity index (χ2v) is 4.55. The van der Waals surface area contributed by atoms with Crippen LogP contribution in [0, 0.1) is 11.3 Å². The van der Waals surface area contributed by atoms with Crippen molar-refractivity contribution in [2.24, 2.45) is 0 Å². The normalized spacial score (nSPS) is 12.4. The molecule has 0 spiro atoms. The number of nitriles is 1. The average molecular weight is 251 g/mol. The van der Waals surface area contributed by atoms with Crippen LogP contribution in [0.3, 0.4) is 0 Å². The lowest BCUT2D eigenvalue weighted by Crippen LogP contribution is -1.86. The molecule has 2 rings (SSSR count). The van der Waals surface area contributed by atoms with Crippen molar-refractivity contribution < 1.29 is 2.74 Å². The summed E-state index contributed by atoms with van der Waals surface area (Å²) in [5.74, 6) is 0. The molecule has 0 aliphatic heterocycles. The Balaban J connectivity index is 2.20. The molecule has 0 unspecified atom stereocenters. The predicted molar refractivity (Wildman–Crippen MR) is 79.8 cm³/mol. The molecule has 0 aliphatic rings. The van der Waals surface area contributed by atoms with Gasteiger partial charge in [0.2, 0.25) is 0 Å². The van der Waals surface area contributed by atoms with E-state index in [4.69, 9.17) is 8.00 Å². The van der Waals surface area contributed by atoms with Gasteiger partial charge in [0.05, 0.1) is 11.6 Å². The van der Waals surface area contributed by atoms with Crippen molar-refractivity contribution >= 4 is 0 Å². The van der Waals surface area contributed by atoms with Gasteiger partial charge in [0.25, 0.3) is 0 Å². The monoisotopic (exact) mass is 251 g/mol. The zero-order valence-electron chi connectivity index (χ0n) is 13.2. The SMILES string of the molecule is [2H]C([2H])(CCCC)c1ccc(-c2ccc(C#N)cc2)cc1. The molecule has 0 radical (unpaired) electrons. The van der Waals surface area contributed by atoms with E-state index in [1.165, 1.54) is 0 Å². The standard InChI is InChI=1S/C18H19N/c1-2-3-4-5-15-6-10-17(11-7-15)18-12-8-16(14-19)9-13-18/h6-13H,2-5H2,1H3/i5D2. The van der Waals surface area contributed by atoms with E-state index in [0.29, 0.717) is 12.0 Å². The maximum absolute atomic E-state index is 8.80. The number of hydrogen-bond donors (Lipinski definition) is 0. The second-order valence-electron chi connectivity index (χ2n) is 4.55. The van der Waals surface area contributed by atoms with Crippen molar-refractivity contribution in [2.45, 2.75) is 32.6 Å². The molecule has 0 bridgehead atoms. The topological polar surface area (TPSA) is 23.8 Å². The van der Waals surface area contributed by atoms with Gasteiger partial charge in [0, 0.05) is 2.74 Å². The van der Waals surface area contributed by atoms with E-state index >= 15 is 0 Å². The van der Waals surface area contributed by atoms with Crippen molar-refractivity contribution in [1.82, 2.24) is 0 Å². The van der Waals surface area contributed by atoms with E-state index < -0.39 is 6.37 Å². The van der Waals surface area contributed by atoms with E-state index in [-0.39, 0.29) is 0 Å². The van der Waals surface area contributed by atoms with Gasteiger partial charge in [-0.25, -0.2) is 0 Å². The molecule has 2 aromatic carbocycles. The van der Waals surface area contributed by atoms with E-state index in [9.17, 15) is 0 Å². The highest BCUT2D eigenvalue weighted by Gasteiger charge is 1.99. The number of nitrogens with zero attached hydrogens (tertiary/aromatic N) is 1. The van der Waals surface area contributed by atoms with Crippen LogP contribution >= 0.6 is 0 Å². The van der Waals surface area contributed by atoms with Gasteiger partial charge in [0.15, 0.2) is 0 Å². The van der Waals surface area contributed by atoms with Gasteiger partial charge in [-0.3, -0.25) is 0 Å². The fourth-order valence-corrected chi connectivity index (χ4v) is 1.93. The summed E-state index contributed by atoms with van der Waals surface area (Å²) in [6, 6.07) is 17.1. The maximum Gasteiger partial charge on any atom is 0.0991 e. The summed E-state index contributed by atoms with van der Waals surface area (Å²) < 4.78 is 16.3. The maximum atomic E-state index is 8.80. The Hall–Kier alpha value is -2.07. The van der Waals surface area contributed by atoms with Gasteiger partial charge in [-0.1, -0.05) is 56.2 Å². The van der Waals surface area contributed by atoms with Crippen LogP contribution < -0.4 is 0 Å². The summed E-state index contributed by atoms with van der Waals surface area (Å²) in [5.41, 5.74) is 3.45. The van der Waals surface area contributed by atoms with Crippen LogP contribution in [0.5, 0.6) is 0 Å². The molecule has 2 aromatic rings. The summed E-state index contributed by atoms with van der Waals surface area (Å²) in [7, 11) is 0. The first-order chi connectivity index (χ1) is 10.1. The Labute approximate surface area is 118 Å². The number of hydrogen-bond acceptors (Lipinski definition) is 1. The molecule has 96 valence electrons. The molecular weight excluding hydrogens is 230 g/mol. The fraction of sp³-hybridized carbons (Fsp3) is 0.278. The zero-order chi connectivity index (χ0) is 15.3. The summed E-state index contributed by atoms with van der Waals surface area (Å²) in [6.45, 7) is 2.07. The third-order valence-electron chi connectivity index (χ3n) is 3.09. The molecular formula is C18H19N. The first kappa shape index (κ1) is 10.8. The summed E-state index contributed by atoms with van der Waals surface area (Å²) in [6.07, 6.45) is 1.19. The van der Waals surface area contributed by atoms with Crippen LogP contribution in [0.15, 0.2) is 48.5 Å². The summed E-state index contributed by atoms with van der Waals surface area (Å²) >= 11 is 0. The molecule has 0 aromatic heterocycles. The minimum Gasteiger partial charge on any atom is -0.192 e. The lowest BCUT2D eigenvalue weighted by atomic mass is 10.0. The van der Waals surface area contributed by atoms with E-state index in [2.05, 4.69) is 13.0 Å². The lowest BCUT2D eigenvalue weighted by molar-refractivity contribution is 0.717. The molecule has 19 heavy (non-hydrogen) atoms. The first-order valence-corrected chi connectivity index (χ1v) is 6.68. The van der Waals surface area contributed by atoms with Crippen molar-refractivity contribution in [2.75, 3.05) is 0 Å². The molecule has 0 aliphatic carbocycles. The smallest absolute Gasteiger partial charge is 0.0991 e. The van der Waals surface area contributed by atoms with Crippen molar-refractivity contribution in [3.8, 4) is 17.2 Å². The first-order valence-electron chi connectivity index (χ1n) is 7.68. The summed E-state index contributed by atoms with van der Waals surface area (Å²) in [5, 5.41) is 8.80. The number of benzene rings is 2. The van der Waals surface area contributed by atoms with Gasteiger partial charge in [0.1, 0.15) is 0 Å². The zero-order valence-corrected chi connectivity index (χ0v) is 11.2. The van der Waals surface area contributed by atoms with Gasteiger partial charge in [-0.15, -0.1) is 0 Å². The van der Waals surface area contributed by atoms with Crippen LogP contribution in [0.25, 0.3) is 11.1 Å². The molecule has 1 nitrogen and oxygen atoms in total. The Morgan fingerprint density at radius 2 is 1.53 bits per heavy atom.